The predicted octanol–water partition coefficient (Wildman–Crippen LogP) is 3.48. The van der Waals surface area contributed by atoms with Crippen molar-refractivity contribution in [2.75, 3.05) is 19.0 Å². The minimum atomic E-state index is -0.125. The summed E-state index contributed by atoms with van der Waals surface area (Å²) in [7, 11) is 1.62. The van der Waals surface area contributed by atoms with Gasteiger partial charge in [-0.2, -0.15) is 0 Å². The monoisotopic (exact) mass is 306 g/mol. The fraction of sp³-hybridized carbons (Fsp3) is 0.333. The molecular weight excluding hydrogens is 288 g/mol. The van der Waals surface area contributed by atoms with Crippen molar-refractivity contribution < 1.29 is 14.3 Å². The number of rotatable bonds is 5. The van der Waals surface area contributed by atoms with E-state index in [-0.39, 0.29) is 5.91 Å². The van der Waals surface area contributed by atoms with Gasteiger partial charge in [0.1, 0.15) is 0 Å². The fourth-order valence-electron chi connectivity index (χ4n) is 1.95. The van der Waals surface area contributed by atoms with Crippen LogP contribution in [0.15, 0.2) is 18.2 Å². The van der Waals surface area contributed by atoms with E-state index in [0.717, 1.165) is 16.1 Å². The molecule has 6 heteroatoms. The molecule has 1 N–H and O–H groups in total. The summed E-state index contributed by atoms with van der Waals surface area (Å²) < 4.78 is 10.9. The van der Waals surface area contributed by atoms with E-state index < -0.39 is 0 Å². The number of amides is 1. The number of carbonyl (C=O) groups is 1. The van der Waals surface area contributed by atoms with Gasteiger partial charge in [0.2, 0.25) is 5.91 Å². The molecule has 0 aliphatic rings. The number of thiazole rings is 1. The maximum absolute atomic E-state index is 11.1. The second-order valence-corrected chi connectivity index (χ2v) is 5.41. The van der Waals surface area contributed by atoms with Gasteiger partial charge in [-0.25, -0.2) is 4.98 Å². The van der Waals surface area contributed by atoms with Gasteiger partial charge < -0.3 is 14.8 Å². The van der Waals surface area contributed by atoms with Crippen LogP contribution in [0.4, 0.5) is 5.13 Å². The normalized spacial score (nSPS) is 10.3. The highest BCUT2D eigenvalue weighted by atomic mass is 32.1. The highest BCUT2D eigenvalue weighted by Gasteiger charge is 2.13. The van der Waals surface area contributed by atoms with Crippen molar-refractivity contribution in [2.24, 2.45) is 0 Å². The second-order valence-electron chi connectivity index (χ2n) is 4.41. The number of carbonyl (C=O) groups excluding carboxylic acids is 1. The van der Waals surface area contributed by atoms with E-state index in [1.807, 2.05) is 32.0 Å². The Morgan fingerprint density at radius 2 is 2.14 bits per heavy atom. The maximum atomic E-state index is 11.1. The quantitative estimate of drug-likeness (QED) is 0.918. The van der Waals surface area contributed by atoms with Crippen LogP contribution < -0.4 is 14.8 Å². The lowest BCUT2D eigenvalue weighted by Crippen LogP contribution is -2.04. The van der Waals surface area contributed by atoms with Crippen molar-refractivity contribution in [2.45, 2.75) is 20.8 Å². The highest BCUT2D eigenvalue weighted by molar-refractivity contribution is 7.19. The molecule has 0 unspecified atom stereocenters. The summed E-state index contributed by atoms with van der Waals surface area (Å²) in [5.74, 6) is 1.27. The Morgan fingerprint density at radius 1 is 1.38 bits per heavy atom. The number of aromatic nitrogens is 1. The van der Waals surface area contributed by atoms with E-state index in [0.29, 0.717) is 23.2 Å². The largest absolute Gasteiger partial charge is 0.493 e. The van der Waals surface area contributed by atoms with Crippen molar-refractivity contribution in [3.63, 3.8) is 0 Å². The lowest BCUT2D eigenvalue weighted by atomic mass is 10.1. The molecule has 1 aromatic heterocycles. The van der Waals surface area contributed by atoms with Gasteiger partial charge >= 0.3 is 0 Å². The smallest absolute Gasteiger partial charge is 0.223 e. The van der Waals surface area contributed by atoms with Crippen LogP contribution in [-0.4, -0.2) is 24.6 Å². The molecule has 5 nitrogen and oxygen atoms in total. The highest BCUT2D eigenvalue weighted by Crippen LogP contribution is 2.37. The summed E-state index contributed by atoms with van der Waals surface area (Å²) in [6.45, 7) is 5.89. The summed E-state index contributed by atoms with van der Waals surface area (Å²) in [6, 6.07) is 5.76. The maximum Gasteiger partial charge on any atom is 0.223 e. The van der Waals surface area contributed by atoms with Crippen LogP contribution in [0, 0.1) is 6.92 Å². The summed E-state index contributed by atoms with van der Waals surface area (Å²) in [5.41, 5.74) is 1.86. The van der Waals surface area contributed by atoms with Gasteiger partial charge in [0.25, 0.3) is 0 Å². The average Bonchev–Trinajstić information content (AvgIpc) is 2.79. The van der Waals surface area contributed by atoms with E-state index in [1.54, 1.807) is 7.11 Å². The number of aryl methyl sites for hydroxylation is 1. The molecule has 0 saturated heterocycles. The minimum Gasteiger partial charge on any atom is -0.493 e. The average molecular weight is 306 g/mol. The van der Waals surface area contributed by atoms with Crippen molar-refractivity contribution in [1.29, 1.82) is 0 Å². The van der Waals surface area contributed by atoms with Crippen molar-refractivity contribution in [1.82, 2.24) is 4.98 Å². The van der Waals surface area contributed by atoms with Gasteiger partial charge in [-0.1, -0.05) is 11.3 Å². The molecule has 0 radical (unpaired) electrons. The predicted molar refractivity (Wildman–Crippen MR) is 84.3 cm³/mol. The molecule has 112 valence electrons. The first-order chi connectivity index (χ1) is 10.0. The third-order valence-corrected chi connectivity index (χ3v) is 3.93. The lowest BCUT2D eigenvalue weighted by Gasteiger charge is -2.10. The van der Waals surface area contributed by atoms with E-state index in [9.17, 15) is 4.79 Å². The van der Waals surface area contributed by atoms with Crippen LogP contribution in [0.2, 0.25) is 0 Å². The molecule has 0 aliphatic carbocycles. The summed E-state index contributed by atoms with van der Waals surface area (Å²) in [5, 5.41) is 3.31. The van der Waals surface area contributed by atoms with Crippen molar-refractivity contribution >= 4 is 22.4 Å². The first-order valence-corrected chi connectivity index (χ1v) is 7.43. The standard InChI is InChI=1S/C15H18N2O3S/c1-5-20-13-8-11(6-7-12(13)19-4)14-9(2)16-15(21-14)17-10(3)18/h6-8H,5H2,1-4H3,(H,16,17,18). The van der Waals surface area contributed by atoms with E-state index in [2.05, 4.69) is 10.3 Å². The summed E-state index contributed by atoms with van der Waals surface area (Å²) in [4.78, 5) is 16.5. The number of benzene rings is 1. The number of nitrogens with zero attached hydrogens (tertiary/aromatic N) is 1. The zero-order valence-corrected chi connectivity index (χ0v) is 13.3. The van der Waals surface area contributed by atoms with Crippen LogP contribution in [-0.2, 0) is 4.79 Å². The summed E-state index contributed by atoms with van der Waals surface area (Å²) >= 11 is 1.44. The number of nitrogens with one attached hydrogen (secondary N) is 1. The molecule has 21 heavy (non-hydrogen) atoms. The van der Waals surface area contributed by atoms with Crippen LogP contribution in [0.3, 0.4) is 0 Å². The van der Waals surface area contributed by atoms with Gasteiger partial charge in [0.05, 0.1) is 24.3 Å². The van der Waals surface area contributed by atoms with Gasteiger partial charge in [0.15, 0.2) is 16.6 Å². The van der Waals surface area contributed by atoms with Gasteiger partial charge in [-0.3, -0.25) is 4.79 Å². The van der Waals surface area contributed by atoms with Crippen molar-refractivity contribution in [3.8, 4) is 21.9 Å². The molecule has 2 rings (SSSR count). The Kier molecular flexibility index (Phi) is 4.80. The molecule has 0 fully saturated rings. The van der Waals surface area contributed by atoms with E-state index in [1.165, 1.54) is 18.3 Å². The third kappa shape index (κ3) is 3.52. The van der Waals surface area contributed by atoms with Gasteiger partial charge in [-0.05, 0) is 37.6 Å². The Bertz CT molecular complexity index is 652. The number of ether oxygens (including phenoxy) is 2. The molecule has 0 spiro atoms. The zero-order chi connectivity index (χ0) is 15.4. The van der Waals surface area contributed by atoms with Gasteiger partial charge in [0, 0.05) is 6.92 Å². The van der Waals surface area contributed by atoms with Gasteiger partial charge in [-0.15, -0.1) is 0 Å². The molecule has 2 aromatic rings. The molecule has 0 saturated carbocycles. The number of methoxy groups -OCH3 is 1. The van der Waals surface area contributed by atoms with Crippen LogP contribution in [0.5, 0.6) is 11.5 Å². The molecule has 1 heterocycles. The Hall–Kier alpha value is -2.08. The zero-order valence-electron chi connectivity index (χ0n) is 12.5. The van der Waals surface area contributed by atoms with Crippen LogP contribution in [0.1, 0.15) is 19.5 Å². The third-order valence-electron chi connectivity index (χ3n) is 2.81. The Morgan fingerprint density at radius 3 is 2.76 bits per heavy atom. The summed E-state index contributed by atoms with van der Waals surface area (Å²) in [6.07, 6.45) is 0. The number of hydrogen-bond donors (Lipinski definition) is 1. The molecule has 0 atom stereocenters. The Labute approximate surface area is 127 Å². The fourth-order valence-corrected chi connectivity index (χ4v) is 2.96. The first kappa shape index (κ1) is 15.3. The molecule has 1 aromatic carbocycles. The first-order valence-electron chi connectivity index (χ1n) is 6.61. The molecule has 1 amide bonds. The van der Waals surface area contributed by atoms with Crippen LogP contribution in [0.25, 0.3) is 10.4 Å². The van der Waals surface area contributed by atoms with Crippen molar-refractivity contribution in [3.05, 3.63) is 23.9 Å². The Balaban J connectivity index is 2.39. The molecule has 0 bridgehead atoms. The topological polar surface area (TPSA) is 60.5 Å². The van der Waals surface area contributed by atoms with E-state index >= 15 is 0 Å². The van der Waals surface area contributed by atoms with E-state index in [4.69, 9.17) is 9.47 Å². The molecule has 0 aliphatic heterocycles. The lowest BCUT2D eigenvalue weighted by molar-refractivity contribution is -0.114. The minimum absolute atomic E-state index is 0.125. The number of hydrogen-bond acceptors (Lipinski definition) is 5. The SMILES string of the molecule is CCOc1cc(-c2sc(NC(C)=O)nc2C)ccc1OC. The molecular formula is C15H18N2O3S. The van der Waals surface area contributed by atoms with Crippen LogP contribution >= 0.6 is 11.3 Å². The number of anilines is 1. The second kappa shape index (κ2) is 6.58.